The third kappa shape index (κ3) is 16.6. The van der Waals surface area contributed by atoms with Crippen LogP contribution in [0.5, 0.6) is 23.0 Å². The summed E-state index contributed by atoms with van der Waals surface area (Å²) < 4.78 is 25.0. The number of fused-ring (bicyclic) bond motifs is 16. The Morgan fingerprint density at radius 3 is 1.11 bits per heavy atom. The van der Waals surface area contributed by atoms with Crippen LogP contribution in [0.2, 0.25) is 0 Å². The fourth-order valence-corrected chi connectivity index (χ4v) is 24.5. The van der Waals surface area contributed by atoms with Crippen LogP contribution in [0.4, 0.5) is 102 Å². The van der Waals surface area contributed by atoms with Crippen molar-refractivity contribution in [1.82, 2.24) is 0 Å². The van der Waals surface area contributed by atoms with Crippen molar-refractivity contribution in [3.8, 4) is 67.5 Å². The van der Waals surface area contributed by atoms with Crippen LogP contribution in [-0.4, -0.2) is 0 Å². The summed E-state index contributed by atoms with van der Waals surface area (Å²) in [5.74, 6) is 3.20. The number of anilines is 18. The van der Waals surface area contributed by atoms with Crippen LogP contribution in [0.1, 0.15) is 0 Å². The quantitative estimate of drug-likeness (QED) is 0.0935. The molecular weight excluding hydrogens is 1860 g/mol. The first kappa shape index (κ1) is 88.3. The zero-order valence-electron chi connectivity index (χ0n) is 80.1. The first-order valence-corrected chi connectivity index (χ1v) is 52.2. The molecule has 0 radical (unpaired) electrons. The summed E-state index contributed by atoms with van der Waals surface area (Å²) in [4.78, 5) is 16.5. The minimum Gasteiger partial charge on any atom is -0.456 e. The molecule has 700 valence electrons. The number of para-hydroxylation sites is 8. The van der Waals surface area contributed by atoms with Crippen molar-refractivity contribution >= 4 is 210 Å². The maximum absolute atomic E-state index is 6.75. The second kappa shape index (κ2) is 38.2. The monoisotopic (exact) mass is 1950 g/mol. The van der Waals surface area contributed by atoms with Gasteiger partial charge in [-0.2, -0.15) is 0 Å². The molecule has 26 aromatic rings. The lowest BCUT2D eigenvalue weighted by atomic mass is 10.0. The molecule has 6 heterocycles. The van der Waals surface area contributed by atoms with E-state index in [-0.39, 0.29) is 0 Å². The smallest absolute Gasteiger partial charge is 0.153 e. The second-order valence-electron chi connectivity index (χ2n) is 37.0. The first-order valence-electron chi connectivity index (χ1n) is 49.8. The Labute approximate surface area is 869 Å². The number of hydrogen-bond donors (Lipinski definition) is 0. The third-order valence-electron chi connectivity index (χ3n) is 28.0. The van der Waals surface area contributed by atoms with E-state index >= 15 is 0 Å². The molecule has 0 spiro atoms. The summed E-state index contributed by atoms with van der Waals surface area (Å²) in [7, 11) is 0. The summed E-state index contributed by atoms with van der Waals surface area (Å²) in [5.41, 5.74) is 30.4. The average molecular weight is 1950 g/mol. The van der Waals surface area contributed by atoms with Gasteiger partial charge < -0.3 is 43.3 Å². The molecule has 0 unspecified atom stereocenters. The van der Waals surface area contributed by atoms with Crippen molar-refractivity contribution in [2.75, 3.05) is 29.4 Å². The highest BCUT2D eigenvalue weighted by atomic mass is 32.2. The van der Waals surface area contributed by atoms with Gasteiger partial charge in [0, 0.05) is 136 Å². The Morgan fingerprint density at radius 2 is 0.547 bits per heavy atom. The maximum Gasteiger partial charge on any atom is 0.153 e. The molecule has 23 aromatic carbocycles. The van der Waals surface area contributed by atoms with E-state index in [0.717, 1.165) is 153 Å². The Kier molecular flexibility index (Phi) is 22.8. The van der Waals surface area contributed by atoms with E-state index in [9.17, 15) is 0 Å². The zero-order chi connectivity index (χ0) is 97.9. The van der Waals surface area contributed by atoms with Gasteiger partial charge in [-0.15, -0.1) is 22.7 Å². The Hall–Kier alpha value is -18.7. The molecule has 0 saturated carbocycles. The minimum atomic E-state index is 0.772. The fraction of sp³-hybridized carbons (Fsp3) is 0. The Balaban J connectivity index is 0.000000110. The van der Waals surface area contributed by atoms with Crippen molar-refractivity contribution in [2.24, 2.45) is 0 Å². The average Bonchev–Trinajstić information content (AvgIpc) is 1.22. The summed E-state index contributed by atoms with van der Waals surface area (Å²) in [6.45, 7) is 0. The number of thiophene rings is 2. The number of hydrogen-bond acceptors (Lipinski definition) is 12. The topological polar surface area (TPSA) is 51.0 Å². The Bertz CT molecular complexity index is 9470. The van der Waals surface area contributed by atoms with Crippen LogP contribution >= 0.6 is 34.4 Å². The highest BCUT2D eigenvalue weighted by Gasteiger charge is 2.34. The molecule has 29 rings (SSSR count). The van der Waals surface area contributed by atoms with Crippen molar-refractivity contribution in [3.05, 3.63) is 546 Å². The van der Waals surface area contributed by atoms with Gasteiger partial charge in [0.1, 0.15) is 11.2 Å². The van der Waals surface area contributed by atoms with E-state index < -0.39 is 0 Å². The molecular formula is C136H90N6O3S3. The molecule has 0 bridgehead atoms. The van der Waals surface area contributed by atoms with Crippen molar-refractivity contribution in [1.29, 1.82) is 0 Å². The molecule has 9 nitrogen and oxygen atoms in total. The van der Waals surface area contributed by atoms with Gasteiger partial charge in [0.25, 0.3) is 0 Å². The van der Waals surface area contributed by atoms with E-state index in [1.165, 1.54) is 100 Å². The van der Waals surface area contributed by atoms with Crippen molar-refractivity contribution < 1.29 is 13.9 Å². The molecule has 0 aliphatic carbocycles. The van der Waals surface area contributed by atoms with Gasteiger partial charge in [0.05, 0.1) is 51.2 Å². The first-order chi connectivity index (χ1) is 73.3. The summed E-state index contributed by atoms with van der Waals surface area (Å²) in [5, 5.41) is 9.83. The van der Waals surface area contributed by atoms with E-state index in [1.54, 1.807) is 0 Å². The normalized spacial score (nSPS) is 12.1. The van der Waals surface area contributed by atoms with Crippen LogP contribution in [0.3, 0.4) is 0 Å². The van der Waals surface area contributed by atoms with Crippen LogP contribution in [-0.2, 0) is 0 Å². The van der Waals surface area contributed by atoms with Gasteiger partial charge in [-0.05, 0) is 250 Å². The van der Waals surface area contributed by atoms with Gasteiger partial charge >= 0.3 is 0 Å². The number of ether oxygens (including phenoxy) is 2. The molecule has 0 amide bonds. The van der Waals surface area contributed by atoms with Crippen LogP contribution < -0.4 is 38.9 Å². The van der Waals surface area contributed by atoms with Crippen molar-refractivity contribution in [2.45, 2.75) is 9.79 Å². The van der Waals surface area contributed by atoms with Gasteiger partial charge in [-0.1, -0.05) is 339 Å². The van der Waals surface area contributed by atoms with E-state index in [2.05, 4.69) is 545 Å². The van der Waals surface area contributed by atoms with Gasteiger partial charge in [0.15, 0.2) is 23.0 Å². The third-order valence-corrected chi connectivity index (χ3v) is 31.4. The molecule has 0 fully saturated rings. The molecule has 3 aliphatic heterocycles. The fourth-order valence-electron chi connectivity index (χ4n) is 21.2. The molecule has 148 heavy (non-hydrogen) atoms. The SMILES string of the molecule is c1ccc(-c2cccc(N(c3cccc(-c4ccccc4)c3)c3ccc4c(c3)Oc3ccccc3N4c3ccc4c(c3)sc3ccccc34)c2)cc1.c1ccc(-c2cccc(N(c3ccccc3)c3ccc4c(c3)Sc3ccccc3N4c3ccc4c(c3)sc3ccccc34)c2)cc1.c1ccc(-c2ccccc2N(c2ccc3c(c2)Oc2ccccc2N3c2ccc3c(c2)oc2ccccc23)c2ccc3ccccc3c2)cc1. The van der Waals surface area contributed by atoms with E-state index in [0.29, 0.717) is 0 Å². The van der Waals surface area contributed by atoms with Crippen LogP contribution in [0, 0.1) is 0 Å². The molecule has 0 saturated heterocycles. The number of benzene rings is 23. The minimum absolute atomic E-state index is 0.772. The summed E-state index contributed by atoms with van der Waals surface area (Å²) in [6, 6.07) is 194. The lowest BCUT2D eigenvalue weighted by Gasteiger charge is -2.34. The zero-order valence-corrected chi connectivity index (χ0v) is 82.5. The highest BCUT2D eigenvalue weighted by molar-refractivity contribution is 7.99. The predicted octanol–water partition coefficient (Wildman–Crippen LogP) is 41.0. The largest absolute Gasteiger partial charge is 0.456 e. The summed E-state index contributed by atoms with van der Waals surface area (Å²) in [6.07, 6.45) is 0. The van der Waals surface area contributed by atoms with Crippen molar-refractivity contribution in [3.63, 3.8) is 0 Å². The van der Waals surface area contributed by atoms with Gasteiger partial charge in [-0.3, -0.25) is 0 Å². The summed E-state index contributed by atoms with van der Waals surface area (Å²) >= 11 is 5.55. The van der Waals surface area contributed by atoms with Gasteiger partial charge in [0.2, 0.25) is 0 Å². The van der Waals surface area contributed by atoms with Crippen LogP contribution in [0.25, 0.3) is 118 Å². The lowest BCUT2D eigenvalue weighted by Crippen LogP contribution is -2.17. The molecule has 12 heteroatoms. The molecule has 3 aliphatic rings. The highest BCUT2D eigenvalue weighted by Crippen LogP contribution is 2.59. The van der Waals surface area contributed by atoms with E-state index in [1.807, 2.05) is 64.8 Å². The lowest BCUT2D eigenvalue weighted by molar-refractivity contribution is 0.477. The standard InChI is InChI=1S/C48H32N2OS.C46H30N2O2.C42H28N2S2/c1-3-13-33(14-4-1)35-17-11-19-37(29-35)49(38-20-12-18-36(30-38)34-15-5-2-6-16-34)39-26-28-44-46(31-39)51-45-23-9-8-22-43(45)50(44)40-25-27-42-41-21-7-10-24-47(41)52-48(42)32-40;1-2-13-32(14-3-1)37-16-6-8-18-40(37)47(34-23-22-31-12-4-5-15-33(31)28-34)35-25-27-42-46(30-35)50-44-21-11-9-19-41(44)48(42)36-24-26-39-38-17-7-10-20-43(38)49-45(39)29-36;1-3-12-29(13-4-1)30-14-11-17-32(26-30)43(31-15-5-2-6-16-31)33-23-25-38-42(28-33)46-40-21-10-8-19-37(40)44(38)34-22-24-36-35-18-7-9-20-39(35)45-41(36)27-34/h1-32H;1-30H;1-28H. The number of furan rings is 1. The number of rotatable bonds is 16. The molecule has 3 aromatic heterocycles. The molecule has 0 N–H and O–H groups in total. The predicted molar refractivity (Wildman–Crippen MR) is 624 cm³/mol. The molecule has 0 atom stereocenters. The second-order valence-corrected chi connectivity index (χ2v) is 40.3. The van der Waals surface area contributed by atoms with Gasteiger partial charge in [-0.25, -0.2) is 0 Å². The maximum atomic E-state index is 6.75. The van der Waals surface area contributed by atoms with Crippen LogP contribution in [0.15, 0.2) is 560 Å². The number of nitrogens with zero attached hydrogens (tertiary/aromatic N) is 6. The Morgan fingerprint density at radius 1 is 0.182 bits per heavy atom. The van der Waals surface area contributed by atoms with E-state index in [4.69, 9.17) is 13.9 Å².